The van der Waals surface area contributed by atoms with Crippen molar-refractivity contribution in [3.8, 4) is 0 Å². The summed E-state index contributed by atoms with van der Waals surface area (Å²) in [7, 11) is 2.09. The van der Waals surface area contributed by atoms with Crippen LogP contribution in [0.5, 0.6) is 0 Å². The lowest BCUT2D eigenvalue weighted by atomic mass is 10.2. The van der Waals surface area contributed by atoms with Gasteiger partial charge in [-0.1, -0.05) is 18.3 Å². The van der Waals surface area contributed by atoms with Crippen molar-refractivity contribution in [3.63, 3.8) is 0 Å². The fraction of sp³-hybridized carbons (Fsp3) is 0.750. The first-order valence-electron chi connectivity index (χ1n) is 6.68. The Morgan fingerprint density at radius 3 is 2.95 bits per heavy atom. The smallest absolute Gasteiger partial charge is 0.285 e. The van der Waals surface area contributed by atoms with Crippen LogP contribution in [0.4, 0.5) is 5.13 Å². The van der Waals surface area contributed by atoms with E-state index in [0.717, 1.165) is 37.7 Å². The van der Waals surface area contributed by atoms with Gasteiger partial charge in [0.2, 0.25) is 10.1 Å². The van der Waals surface area contributed by atoms with Crippen LogP contribution in [-0.4, -0.2) is 65.2 Å². The number of piperazine rings is 1. The zero-order chi connectivity index (χ0) is 13.8. The van der Waals surface area contributed by atoms with Crippen molar-refractivity contribution in [2.24, 2.45) is 0 Å². The van der Waals surface area contributed by atoms with Gasteiger partial charge in [0.25, 0.3) is 5.91 Å². The Kier molecular flexibility index (Phi) is 4.71. The minimum Gasteiger partial charge on any atom is -0.360 e. The van der Waals surface area contributed by atoms with Gasteiger partial charge in [-0.05, 0) is 20.4 Å². The Balaban J connectivity index is 1.97. The highest BCUT2D eigenvalue weighted by Crippen LogP contribution is 2.18. The zero-order valence-electron chi connectivity index (χ0n) is 11.7. The number of rotatable bonds is 4. The quantitative estimate of drug-likeness (QED) is 0.898. The minimum absolute atomic E-state index is 0.00185. The lowest BCUT2D eigenvalue weighted by Crippen LogP contribution is -2.52. The highest BCUT2D eigenvalue weighted by atomic mass is 32.1. The molecule has 0 spiro atoms. The molecule has 1 fully saturated rings. The Morgan fingerprint density at radius 1 is 1.47 bits per heavy atom. The van der Waals surface area contributed by atoms with Crippen LogP contribution in [-0.2, 0) is 0 Å². The molecule has 0 aromatic carbocycles. The summed E-state index contributed by atoms with van der Waals surface area (Å²) >= 11 is 1.34. The van der Waals surface area contributed by atoms with Crippen molar-refractivity contribution in [3.05, 3.63) is 5.01 Å². The number of amides is 1. The van der Waals surface area contributed by atoms with Crippen LogP contribution in [0.15, 0.2) is 0 Å². The maximum absolute atomic E-state index is 12.3. The molecule has 1 aliphatic rings. The number of hydrogen-bond donors (Lipinski definition) is 1. The van der Waals surface area contributed by atoms with Crippen LogP contribution in [0.2, 0.25) is 0 Å². The summed E-state index contributed by atoms with van der Waals surface area (Å²) in [5, 5.41) is 12.4. The molecule has 2 heterocycles. The average molecular weight is 283 g/mol. The van der Waals surface area contributed by atoms with Crippen LogP contribution < -0.4 is 5.32 Å². The van der Waals surface area contributed by atoms with Crippen molar-refractivity contribution < 1.29 is 4.79 Å². The Hall–Kier alpha value is -1.21. The molecular formula is C12H21N5OS. The molecule has 1 aromatic rings. The molecule has 1 atom stereocenters. The molecule has 1 N–H and O–H groups in total. The van der Waals surface area contributed by atoms with Crippen LogP contribution in [0, 0.1) is 0 Å². The first kappa shape index (κ1) is 14.2. The molecule has 1 unspecified atom stereocenters. The van der Waals surface area contributed by atoms with Crippen LogP contribution in [0.1, 0.15) is 30.1 Å². The number of carbonyl (C=O) groups excluding carboxylic acids is 1. The van der Waals surface area contributed by atoms with Gasteiger partial charge in [-0.15, -0.1) is 10.2 Å². The molecule has 0 radical (unpaired) electrons. The molecule has 106 valence electrons. The molecule has 1 saturated heterocycles. The highest BCUT2D eigenvalue weighted by Gasteiger charge is 2.27. The Morgan fingerprint density at radius 2 is 2.26 bits per heavy atom. The van der Waals surface area contributed by atoms with Crippen molar-refractivity contribution in [1.29, 1.82) is 0 Å². The summed E-state index contributed by atoms with van der Waals surface area (Å²) < 4.78 is 0. The summed E-state index contributed by atoms with van der Waals surface area (Å²) in [6.07, 6.45) is 1.03. The number of nitrogens with zero attached hydrogens (tertiary/aromatic N) is 4. The van der Waals surface area contributed by atoms with Gasteiger partial charge in [-0.25, -0.2) is 0 Å². The minimum atomic E-state index is 0.00185. The second-order valence-electron chi connectivity index (χ2n) is 4.92. The molecule has 0 saturated carbocycles. The monoisotopic (exact) mass is 283 g/mol. The normalized spacial score (nSPS) is 20.6. The SMILES string of the molecule is CCCNc1nnc(C(=O)N2CCN(C)C(C)C2)s1. The number of aromatic nitrogens is 2. The maximum atomic E-state index is 12.3. The van der Waals surface area contributed by atoms with Gasteiger partial charge in [0.1, 0.15) is 0 Å². The molecule has 1 aromatic heterocycles. The van der Waals surface area contributed by atoms with Crippen LogP contribution >= 0.6 is 11.3 Å². The van der Waals surface area contributed by atoms with E-state index in [-0.39, 0.29) is 5.91 Å². The molecule has 6 nitrogen and oxygen atoms in total. The van der Waals surface area contributed by atoms with E-state index in [1.165, 1.54) is 11.3 Å². The third kappa shape index (κ3) is 3.42. The summed E-state index contributed by atoms with van der Waals surface area (Å²) in [4.78, 5) is 16.5. The van der Waals surface area contributed by atoms with Gasteiger partial charge < -0.3 is 15.1 Å². The summed E-state index contributed by atoms with van der Waals surface area (Å²) in [6, 6.07) is 0.392. The van der Waals surface area contributed by atoms with E-state index in [1.54, 1.807) is 0 Å². The fourth-order valence-electron chi connectivity index (χ4n) is 1.98. The molecule has 2 rings (SSSR count). The van der Waals surface area contributed by atoms with Gasteiger partial charge >= 0.3 is 0 Å². The Labute approximate surface area is 117 Å². The molecule has 0 aliphatic carbocycles. The van der Waals surface area contributed by atoms with Crippen LogP contribution in [0.3, 0.4) is 0 Å². The highest BCUT2D eigenvalue weighted by molar-refractivity contribution is 7.17. The van der Waals surface area contributed by atoms with E-state index in [0.29, 0.717) is 11.0 Å². The fourth-order valence-corrected chi connectivity index (χ4v) is 2.72. The molecule has 7 heteroatoms. The lowest BCUT2D eigenvalue weighted by Gasteiger charge is -2.37. The lowest BCUT2D eigenvalue weighted by molar-refractivity contribution is 0.0571. The summed E-state index contributed by atoms with van der Waals surface area (Å²) in [5.41, 5.74) is 0. The van der Waals surface area contributed by atoms with Crippen molar-refractivity contribution >= 4 is 22.4 Å². The molecule has 0 bridgehead atoms. The van der Waals surface area contributed by atoms with E-state index in [1.807, 2.05) is 4.90 Å². The number of anilines is 1. The standard InChI is InChI=1S/C12H21N5OS/c1-4-5-13-12-15-14-10(19-12)11(18)17-7-6-16(3)9(2)8-17/h9H,4-8H2,1-3H3,(H,13,15). The van der Waals surface area contributed by atoms with E-state index in [2.05, 4.69) is 41.3 Å². The van der Waals surface area contributed by atoms with E-state index in [4.69, 9.17) is 0 Å². The number of likely N-dealkylation sites (N-methyl/N-ethyl adjacent to an activating group) is 1. The third-order valence-electron chi connectivity index (χ3n) is 3.38. The summed E-state index contributed by atoms with van der Waals surface area (Å²) in [6.45, 7) is 7.50. The number of nitrogens with one attached hydrogen (secondary N) is 1. The molecule has 1 amide bonds. The van der Waals surface area contributed by atoms with E-state index in [9.17, 15) is 4.79 Å². The predicted octanol–water partition coefficient (Wildman–Crippen LogP) is 1.14. The molecular weight excluding hydrogens is 262 g/mol. The Bertz CT molecular complexity index is 436. The largest absolute Gasteiger partial charge is 0.360 e. The second-order valence-corrected chi connectivity index (χ2v) is 5.90. The maximum Gasteiger partial charge on any atom is 0.285 e. The second kappa shape index (κ2) is 6.29. The number of carbonyl (C=O) groups is 1. The van der Waals surface area contributed by atoms with Crippen LogP contribution in [0.25, 0.3) is 0 Å². The van der Waals surface area contributed by atoms with Crippen molar-refractivity contribution in [2.75, 3.05) is 38.5 Å². The topological polar surface area (TPSA) is 61.4 Å². The molecule has 19 heavy (non-hydrogen) atoms. The summed E-state index contributed by atoms with van der Waals surface area (Å²) in [5.74, 6) is 0.00185. The third-order valence-corrected chi connectivity index (χ3v) is 4.25. The van der Waals surface area contributed by atoms with Gasteiger partial charge in [-0.2, -0.15) is 0 Å². The van der Waals surface area contributed by atoms with Crippen molar-refractivity contribution in [1.82, 2.24) is 20.0 Å². The van der Waals surface area contributed by atoms with Gasteiger partial charge in [0.15, 0.2) is 0 Å². The van der Waals surface area contributed by atoms with E-state index < -0.39 is 0 Å². The van der Waals surface area contributed by atoms with Gasteiger partial charge in [0.05, 0.1) is 0 Å². The first-order chi connectivity index (χ1) is 9.11. The van der Waals surface area contributed by atoms with Gasteiger partial charge in [0, 0.05) is 32.2 Å². The van der Waals surface area contributed by atoms with E-state index >= 15 is 0 Å². The predicted molar refractivity (Wildman–Crippen MR) is 76.7 cm³/mol. The molecule has 1 aliphatic heterocycles. The van der Waals surface area contributed by atoms with Crippen molar-refractivity contribution in [2.45, 2.75) is 26.3 Å². The number of hydrogen-bond acceptors (Lipinski definition) is 6. The average Bonchev–Trinajstić information content (AvgIpc) is 2.87. The van der Waals surface area contributed by atoms with Gasteiger partial charge in [-0.3, -0.25) is 4.79 Å². The first-order valence-corrected chi connectivity index (χ1v) is 7.50. The zero-order valence-corrected chi connectivity index (χ0v) is 12.5.